The smallest absolute Gasteiger partial charge is 0.289 e. The first-order chi connectivity index (χ1) is 12.4. The number of benzene rings is 1. The number of carbonyl (C=O) groups excluding carboxylic acids is 2. The normalized spacial score (nSPS) is 14.5. The number of hydrogen-bond donors (Lipinski definition) is 0. The second kappa shape index (κ2) is 7.41. The first kappa shape index (κ1) is 18.3. The molecule has 2 heterocycles. The molecule has 26 heavy (non-hydrogen) atoms. The highest BCUT2D eigenvalue weighted by Gasteiger charge is 2.36. The van der Waals surface area contributed by atoms with Crippen LogP contribution >= 0.6 is 11.3 Å². The minimum absolute atomic E-state index is 0.00433. The molecule has 0 saturated heterocycles. The van der Waals surface area contributed by atoms with Crippen molar-refractivity contribution >= 4 is 23.0 Å². The molecule has 0 saturated carbocycles. The largest absolute Gasteiger partial charge is 0.491 e. The SMILES string of the molecule is COC1=C(C(=O)c2ccc(Cc3ccc(F)cc3)s2)CN(C(C)C)C1=O. The summed E-state index contributed by atoms with van der Waals surface area (Å²) < 4.78 is 18.2. The van der Waals surface area contributed by atoms with Gasteiger partial charge < -0.3 is 9.64 Å². The molecular weight excluding hydrogens is 353 g/mol. The van der Waals surface area contributed by atoms with Gasteiger partial charge in [0.05, 0.1) is 24.1 Å². The molecule has 1 aromatic heterocycles. The van der Waals surface area contributed by atoms with Crippen LogP contribution in [0.15, 0.2) is 47.7 Å². The lowest BCUT2D eigenvalue weighted by atomic mass is 10.1. The van der Waals surface area contributed by atoms with Gasteiger partial charge in [-0.25, -0.2) is 4.39 Å². The zero-order valence-corrected chi connectivity index (χ0v) is 15.7. The van der Waals surface area contributed by atoms with E-state index in [2.05, 4.69) is 0 Å². The first-order valence-electron chi connectivity index (χ1n) is 8.36. The van der Waals surface area contributed by atoms with Crippen LogP contribution in [0.4, 0.5) is 4.39 Å². The lowest BCUT2D eigenvalue weighted by Gasteiger charge is -2.20. The number of rotatable bonds is 6. The highest BCUT2D eigenvalue weighted by molar-refractivity contribution is 7.14. The molecule has 0 bridgehead atoms. The number of methoxy groups -OCH3 is 1. The molecule has 0 radical (unpaired) electrons. The number of ketones is 1. The molecule has 0 unspecified atom stereocenters. The monoisotopic (exact) mass is 373 g/mol. The van der Waals surface area contributed by atoms with Gasteiger partial charge in [-0.15, -0.1) is 11.3 Å². The molecule has 0 spiro atoms. The van der Waals surface area contributed by atoms with Crippen LogP contribution in [-0.2, 0) is 16.0 Å². The Bertz CT molecular complexity index is 867. The number of halogens is 1. The summed E-state index contributed by atoms with van der Waals surface area (Å²) in [6.45, 7) is 4.08. The van der Waals surface area contributed by atoms with Crippen molar-refractivity contribution in [1.82, 2.24) is 4.90 Å². The molecule has 136 valence electrons. The second-order valence-electron chi connectivity index (χ2n) is 6.44. The number of nitrogens with zero attached hydrogens (tertiary/aromatic N) is 1. The number of ether oxygens (including phenoxy) is 1. The van der Waals surface area contributed by atoms with E-state index in [1.165, 1.54) is 30.6 Å². The highest BCUT2D eigenvalue weighted by Crippen LogP contribution is 2.28. The van der Waals surface area contributed by atoms with E-state index in [-0.39, 0.29) is 35.9 Å². The van der Waals surface area contributed by atoms with E-state index < -0.39 is 0 Å². The van der Waals surface area contributed by atoms with Crippen LogP contribution in [-0.4, -0.2) is 36.3 Å². The summed E-state index contributed by atoms with van der Waals surface area (Å²) in [4.78, 5) is 28.4. The van der Waals surface area contributed by atoms with Crippen LogP contribution in [0.25, 0.3) is 0 Å². The first-order valence-corrected chi connectivity index (χ1v) is 9.18. The van der Waals surface area contributed by atoms with Gasteiger partial charge in [-0.3, -0.25) is 9.59 Å². The van der Waals surface area contributed by atoms with Crippen molar-refractivity contribution in [3.8, 4) is 0 Å². The van der Waals surface area contributed by atoms with Gasteiger partial charge in [0.15, 0.2) is 5.76 Å². The van der Waals surface area contributed by atoms with Crippen molar-refractivity contribution in [3.63, 3.8) is 0 Å². The molecule has 6 heteroatoms. The molecule has 1 aromatic carbocycles. The molecule has 3 rings (SSSR count). The quantitative estimate of drug-likeness (QED) is 0.724. The van der Waals surface area contributed by atoms with Crippen LogP contribution in [0.5, 0.6) is 0 Å². The third-order valence-electron chi connectivity index (χ3n) is 4.34. The Morgan fingerprint density at radius 1 is 1.23 bits per heavy atom. The predicted octanol–water partition coefficient (Wildman–Crippen LogP) is 3.81. The lowest BCUT2D eigenvalue weighted by molar-refractivity contribution is -0.129. The maximum atomic E-state index is 13.0. The molecule has 0 aliphatic carbocycles. The van der Waals surface area contributed by atoms with E-state index in [1.54, 1.807) is 23.1 Å². The van der Waals surface area contributed by atoms with Gasteiger partial charge in [0.25, 0.3) is 5.91 Å². The number of Topliss-reactive ketones (excluding diaryl/α,β-unsaturated/α-hetero) is 1. The summed E-state index contributed by atoms with van der Waals surface area (Å²) in [5.74, 6) is -0.546. The van der Waals surface area contributed by atoms with Crippen molar-refractivity contribution in [3.05, 3.63) is 68.9 Å². The maximum Gasteiger partial charge on any atom is 0.289 e. The van der Waals surface area contributed by atoms with Gasteiger partial charge in [-0.2, -0.15) is 0 Å². The minimum Gasteiger partial charge on any atom is -0.491 e. The summed E-state index contributed by atoms with van der Waals surface area (Å²) in [6, 6.07) is 9.98. The molecule has 0 atom stereocenters. The van der Waals surface area contributed by atoms with E-state index in [0.717, 1.165) is 10.4 Å². The van der Waals surface area contributed by atoms with Crippen LogP contribution in [0.1, 0.15) is 34.0 Å². The number of thiophene rings is 1. The molecule has 1 aliphatic heterocycles. The standard InChI is InChI=1S/C20H20FNO3S/c1-12(2)22-11-16(19(25-3)20(22)24)18(23)17-9-8-15(26-17)10-13-4-6-14(21)7-5-13/h4-9,12H,10-11H2,1-3H3. The topological polar surface area (TPSA) is 46.6 Å². The summed E-state index contributed by atoms with van der Waals surface area (Å²) in [5, 5.41) is 0. The van der Waals surface area contributed by atoms with Crippen LogP contribution in [0.2, 0.25) is 0 Å². The van der Waals surface area contributed by atoms with Gasteiger partial charge in [-0.05, 0) is 43.7 Å². The predicted molar refractivity (Wildman–Crippen MR) is 98.7 cm³/mol. The van der Waals surface area contributed by atoms with Gasteiger partial charge in [-0.1, -0.05) is 12.1 Å². The molecule has 0 N–H and O–H groups in total. The van der Waals surface area contributed by atoms with E-state index in [0.29, 0.717) is 16.9 Å². The Hall–Kier alpha value is -2.47. The van der Waals surface area contributed by atoms with E-state index in [9.17, 15) is 14.0 Å². The van der Waals surface area contributed by atoms with E-state index in [4.69, 9.17) is 4.74 Å². The van der Waals surface area contributed by atoms with E-state index in [1.807, 2.05) is 19.9 Å². The third-order valence-corrected chi connectivity index (χ3v) is 5.42. The molecule has 4 nitrogen and oxygen atoms in total. The van der Waals surface area contributed by atoms with Crippen LogP contribution < -0.4 is 0 Å². The van der Waals surface area contributed by atoms with Crippen molar-refractivity contribution in [2.75, 3.05) is 13.7 Å². The minimum atomic E-state index is -0.268. The molecule has 1 amide bonds. The summed E-state index contributed by atoms with van der Waals surface area (Å²) in [6.07, 6.45) is 0.630. The molecule has 1 aliphatic rings. The Labute approximate surface area is 155 Å². The van der Waals surface area contributed by atoms with Gasteiger partial charge >= 0.3 is 0 Å². The van der Waals surface area contributed by atoms with Gasteiger partial charge in [0.1, 0.15) is 5.82 Å². The Morgan fingerprint density at radius 2 is 1.92 bits per heavy atom. The summed E-state index contributed by atoms with van der Waals surface area (Å²) >= 11 is 1.39. The van der Waals surface area contributed by atoms with Gasteiger partial charge in [0, 0.05) is 17.3 Å². The number of carbonyl (C=O) groups is 2. The lowest BCUT2D eigenvalue weighted by Crippen LogP contribution is -2.34. The van der Waals surface area contributed by atoms with Crippen molar-refractivity contribution in [2.24, 2.45) is 0 Å². The summed E-state index contributed by atoms with van der Waals surface area (Å²) in [5.41, 5.74) is 1.38. The average Bonchev–Trinajstić information content (AvgIpc) is 3.20. The van der Waals surface area contributed by atoms with Crippen molar-refractivity contribution < 1.29 is 18.7 Å². The third kappa shape index (κ3) is 3.55. The zero-order chi connectivity index (χ0) is 18.8. The number of hydrogen-bond acceptors (Lipinski definition) is 4. The Morgan fingerprint density at radius 3 is 2.54 bits per heavy atom. The fraction of sp³-hybridized carbons (Fsp3) is 0.300. The van der Waals surface area contributed by atoms with Crippen LogP contribution in [0.3, 0.4) is 0 Å². The van der Waals surface area contributed by atoms with Gasteiger partial charge in [0.2, 0.25) is 5.78 Å². The molecular formula is C20H20FNO3S. The Kier molecular flexibility index (Phi) is 5.23. The van der Waals surface area contributed by atoms with Crippen LogP contribution in [0, 0.1) is 5.82 Å². The fourth-order valence-corrected chi connectivity index (χ4v) is 3.93. The Balaban J connectivity index is 1.80. The molecule has 0 fully saturated rings. The fourth-order valence-electron chi connectivity index (χ4n) is 2.92. The number of amides is 1. The second-order valence-corrected chi connectivity index (χ2v) is 7.61. The average molecular weight is 373 g/mol. The maximum absolute atomic E-state index is 13.0. The summed E-state index contributed by atoms with van der Waals surface area (Å²) in [7, 11) is 1.42. The van der Waals surface area contributed by atoms with E-state index >= 15 is 0 Å². The molecule has 2 aromatic rings. The van der Waals surface area contributed by atoms with Crippen molar-refractivity contribution in [1.29, 1.82) is 0 Å². The highest BCUT2D eigenvalue weighted by atomic mass is 32.1. The zero-order valence-electron chi connectivity index (χ0n) is 14.9. The van der Waals surface area contributed by atoms with Crippen molar-refractivity contribution in [2.45, 2.75) is 26.3 Å².